The summed E-state index contributed by atoms with van der Waals surface area (Å²) in [7, 11) is 0. The number of carbonyl (C=O) groups is 1. The number of benzene rings is 2. The maximum absolute atomic E-state index is 12.5. The fraction of sp³-hybridized carbons (Fsp3) is 0.100. The van der Waals surface area contributed by atoms with Gasteiger partial charge < -0.3 is 5.32 Å². The molecule has 0 atom stereocenters. The van der Waals surface area contributed by atoms with Crippen molar-refractivity contribution in [2.75, 3.05) is 5.32 Å². The second-order valence-electron chi connectivity index (χ2n) is 5.98. The zero-order valence-electron chi connectivity index (χ0n) is 13.8. The average molecular weight is 347 g/mol. The van der Waals surface area contributed by atoms with Crippen LogP contribution in [-0.2, 0) is 11.2 Å². The zero-order valence-corrected chi connectivity index (χ0v) is 14.6. The minimum Gasteiger partial charge on any atom is -0.325 e. The van der Waals surface area contributed by atoms with Crippen LogP contribution in [0.1, 0.15) is 11.1 Å². The lowest BCUT2D eigenvalue weighted by Gasteiger charge is -2.10. The van der Waals surface area contributed by atoms with Gasteiger partial charge >= 0.3 is 0 Å². The Morgan fingerprint density at radius 3 is 2.92 bits per heavy atom. The van der Waals surface area contributed by atoms with E-state index in [9.17, 15) is 4.79 Å². The fourth-order valence-corrected chi connectivity index (χ4v) is 3.57. The van der Waals surface area contributed by atoms with E-state index < -0.39 is 0 Å². The number of nitrogens with zero attached hydrogens (tertiary/aromatic N) is 2. The van der Waals surface area contributed by atoms with Crippen LogP contribution in [-0.4, -0.2) is 15.3 Å². The molecular formula is C20H17N3OS. The van der Waals surface area contributed by atoms with Crippen LogP contribution < -0.4 is 5.32 Å². The number of hydrogen-bond donors (Lipinski definition) is 1. The summed E-state index contributed by atoms with van der Waals surface area (Å²) in [5.74, 6) is -0.0286. The maximum Gasteiger partial charge on any atom is 0.228 e. The van der Waals surface area contributed by atoms with Gasteiger partial charge in [-0.05, 0) is 18.6 Å². The number of aryl methyl sites for hydroxylation is 1. The molecule has 25 heavy (non-hydrogen) atoms. The first-order valence-corrected chi connectivity index (χ1v) is 8.94. The molecule has 4 rings (SSSR count). The SMILES string of the molecule is Cc1cccc(CC(=O)Nc2ccccc2-c2cn3ccsc3n2)c1. The van der Waals surface area contributed by atoms with E-state index in [1.54, 1.807) is 11.3 Å². The maximum atomic E-state index is 12.5. The lowest BCUT2D eigenvalue weighted by molar-refractivity contribution is -0.115. The van der Waals surface area contributed by atoms with Crippen LogP contribution in [0.5, 0.6) is 0 Å². The van der Waals surface area contributed by atoms with Crippen LogP contribution in [0.3, 0.4) is 0 Å². The number of amides is 1. The molecule has 0 aliphatic rings. The Morgan fingerprint density at radius 2 is 2.08 bits per heavy atom. The summed E-state index contributed by atoms with van der Waals surface area (Å²) in [6.45, 7) is 2.03. The highest BCUT2D eigenvalue weighted by molar-refractivity contribution is 7.15. The van der Waals surface area contributed by atoms with Crippen LogP contribution in [0, 0.1) is 6.92 Å². The predicted molar refractivity (Wildman–Crippen MR) is 102 cm³/mol. The minimum atomic E-state index is -0.0286. The molecule has 0 aliphatic heterocycles. The van der Waals surface area contributed by atoms with Crippen molar-refractivity contribution in [3.63, 3.8) is 0 Å². The van der Waals surface area contributed by atoms with Crippen LogP contribution >= 0.6 is 11.3 Å². The van der Waals surface area contributed by atoms with E-state index in [2.05, 4.69) is 10.3 Å². The van der Waals surface area contributed by atoms with Gasteiger partial charge in [0.2, 0.25) is 5.91 Å². The van der Waals surface area contributed by atoms with Crippen LogP contribution in [0.25, 0.3) is 16.2 Å². The molecule has 0 aliphatic carbocycles. The highest BCUT2D eigenvalue weighted by Crippen LogP contribution is 2.28. The number of carbonyl (C=O) groups excluding carboxylic acids is 1. The van der Waals surface area contributed by atoms with Gasteiger partial charge in [-0.2, -0.15) is 0 Å². The molecule has 1 amide bonds. The van der Waals surface area contributed by atoms with E-state index in [0.29, 0.717) is 6.42 Å². The second kappa shape index (κ2) is 6.53. The lowest BCUT2D eigenvalue weighted by Crippen LogP contribution is -2.15. The molecule has 1 N–H and O–H groups in total. The summed E-state index contributed by atoms with van der Waals surface area (Å²) >= 11 is 1.59. The van der Waals surface area contributed by atoms with Gasteiger partial charge in [-0.3, -0.25) is 9.20 Å². The van der Waals surface area contributed by atoms with E-state index in [1.165, 1.54) is 0 Å². The van der Waals surface area contributed by atoms with Gasteiger partial charge in [0.25, 0.3) is 0 Å². The molecule has 2 heterocycles. The highest BCUT2D eigenvalue weighted by atomic mass is 32.1. The largest absolute Gasteiger partial charge is 0.325 e. The Morgan fingerprint density at radius 1 is 1.20 bits per heavy atom. The molecule has 0 saturated heterocycles. The topological polar surface area (TPSA) is 46.4 Å². The summed E-state index contributed by atoms with van der Waals surface area (Å²) in [5.41, 5.74) is 4.74. The molecular weight excluding hydrogens is 330 g/mol. The first kappa shape index (κ1) is 15.6. The van der Waals surface area contributed by atoms with Gasteiger partial charge in [0, 0.05) is 23.3 Å². The van der Waals surface area contributed by atoms with Crippen LogP contribution in [0.15, 0.2) is 66.3 Å². The molecule has 2 aromatic carbocycles. The quantitative estimate of drug-likeness (QED) is 0.588. The van der Waals surface area contributed by atoms with Crippen molar-refractivity contribution in [1.82, 2.24) is 9.38 Å². The Labute approximate surface area is 149 Å². The molecule has 0 saturated carbocycles. The minimum absolute atomic E-state index is 0.0286. The zero-order chi connectivity index (χ0) is 17.2. The standard InChI is InChI=1S/C20H17N3OS/c1-14-5-4-6-15(11-14)12-19(24)21-17-8-3-2-7-16(17)18-13-23-9-10-25-20(23)22-18/h2-11,13H,12H2,1H3,(H,21,24). The third-order valence-electron chi connectivity index (χ3n) is 4.02. The molecule has 124 valence electrons. The number of thiazole rings is 1. The van der Waals surface area contributed by atoms with Crippen molar-refractivity contribution in [1.29, 1.82) is 0 Å². The van der Waals surface area contributed by atoms with Gasteiger partial charge in [0.15, 0.2) is 4.96 Å². The number of hydrogen-bond acceptors (Lipinski definition) is 3. The van der Waals surface area contributed by atoms with E-state index in [-0.39, 0.29) is 5.91 Å². The summed E-state index contributed by atoms with van der Waals surface area (Å²) < 4.78 is 1.99. The first-order valence-electron chi connectivity index (χ1n) is 8.06. The second-order valence-corrected chi connectivity index (χ2v) is 6.85. The average Bonchev–Trinajstić information content (AvgIpc) is 3.17. The number of nitrogens with one attached hydrogen (secondary N) is 1. The molecule has 4 nitrogen and oxygen atoms in total. The van der Waals surface area contributed by atoms with Crippen molar-refractivity contribution < 1.29 is 4.79 Å². The van der Waals surface area contributed by atoms with Gasteiger partial charge in [-0.1, -0.05) is 48.0 Å². The number of fused-ring (bicyclic) bond motifs is 1. The Bertz CT molecular complexity index is 1020. The molecule has 5 heteroatoms. The smallest absolute Gasteiger partial charge is 0.228 e. The van der Waals surface area contributed by atoms with Crippen molar-refractivity contribution in [3.8, 4) is 11.3 Å². The molecule has 0 radical (unpaired) electrons. The lowest BCUT2D eigenvalue weighted by atomic mass is 10.1. The van der Waals surface area contributed by atoms with Gasteiger partial charge in [0.1, 0.15) is 0 Å². The number of imidazole rings is 1. The molecule has 2 aromatic heterocycles. The third kappa shape index (κ3) is 3.32. The predicted octanol–water partition coefficient (Wildman–Crippen LogP) is 4.55. The van der Waals surface area contributed by atoms with E-state index in [1.807, 2.05) is 77.6 Å². The molecule has 0 unspecified atom stereocenters. The summed E-state index contributed by atoms with van der Waals surface area (Å²) in [6, 6.07) is 15.8. The van der Waals surface area contributed by atoms with Gasteiger partial charge in [-0.15, -0.1) is 11.3 Å². The Hall–Kier alpha value is -2.92. The molecule has 0 fully saturated rings. The summed E-state index contributed by atoms with van der Waals surface area (Å²) in [6.07, 6.45) is 4.32. The Kier molecular flexibility index (Phi) is 4.07. The van der Waals surface area contributed by atoms with E-state index in [0.717, 1.165) is 33.0 Å². The van der Waals surface area contributed by atoms with Crippen molar-refractivity contribution in [3.05, 3.63) is 77.4 Å². The first-order chi connectivity index (χ1) is 12.2. The molecule has 4 aromatic rings. The number of rotatable bonds is 4. The Balaban J connectivity index is 1.58. The van der Waals surface area contributed by atoms with Gasteiger partial charge in [-0.25, -0.2) is 4.98 Å². The third-order valence-corrected chi connectivity index (χ3v) is 4.79. The van der Waals surface area contributed by atoms with Crippen LogP contribution in [0.2, 0.25) is 0 Å². The van der Waals surface area contributed by atoms with E-state index in [4.69, 9.17) is 0 Å². The number of para-hydroxylation sites is 1. The monoisotopic (exact) mass is 347 g/mol. The van der Waals surface area contributed by atoms with Crippen molar-refractivity contribution in [2.45, 2.75) is 13.3 Å². The normalized spacial score (nSPS) is 10.9. The van der Waals surface area contributed by atoms with E-state index >= 15 is 0 Å². The fourth-order valence-electron chi connectivity index (χ4n) is 2.87. The van der Waals surface area contributed by atoms with Gasteiger partial charge in [0.05, 0.1) is 17.8 Å². The van der Waals surface area contributed by atoms with Crippen LogP contribution in [0.4, 0.5) is 5.69 Å². The molecule has 0 spiro atoms. The molecule has 0 bridgehead atoms. The number of anilines is 1. The van der Waals surface area contributed by atoms with Crippen molar-refractivity contribution >= 4 is 27.9 Å². The highest BCUT2D eigenvalue weighted by Gasteiger charge is 2.12. The van der Waals surface area contributed by atoms with Crippen molar-refractivity contribution in [2.24, 2.45) is 0 Å². The summed E-state index contributed by atoms with van der Waals surface area (Å²) in [4.78, 5) is 18.0. The summed E-state index contributed by atoms with van der Waals surface area (Å²) in [5, 5.41) is 5.03. The number of aromatic nitrogens is 2.